The predicted molar refractivity (Wildman–Crippen MR) is 71.7 cm³/mol. The van der Waals surface area contributed by atoms with Gasteiger partial charge in [0, 0.05) is 11.6 Å². The number of imide groups is 1. The van der Waals surface area contributed by atoms with Crippen molar-refractivity contribution in [1.29, 1.82) is 0 Å². The van der Waals surface area contributed by atoms with Crippen molar-refractivity contribution in [1.82, 2.24) is 4.90 Å². The predicted octanol–water partition coefficient (Wildman–Crippen LogP) is 1.44. The van der Waals surface area contributed by atoms with Gasteiger partial charge in [0.25, 0.3) is 11.8 Å². The third-order valence-electron chi connectivity index (χ3n) is 2.92. The van der Waals surface area contributed by atoms with E-state index in [0.717, 1.165) is 11.0 Å². The zero-order valence-electron chi connectivity index (χ0n) is 10.6. The largest absolute Gasteiger partial charge is 0.395 e. The number of aliphatic hydroxyl groups is 1. The summed E-state index contributed by atoms with van der Waals surface area (Å²) in [6, 6.07) is 2.61. The zero-order valence-corrected chi connectivity index (χ0v) is 11.4. The second kappa shape index (κ2) is 5.60. The molecule has 0 unspecified atom stereocenters. The molecule has 7 heteroatoms. The highest BCUT2D eigenvalue weighted by atomic mass is 35.5. The maximum absolute atomic E-state index is 13.3. The van der Waals surface area contributed by atoms with Gasteiger partial charge in [-0.1, -0.05) is 11.6 Å². The van der Waals surface area contributed by atoms with Crippen LogP contribution in [0.15, 0.2) is 23.9 Å². The number of carbonyl (C=O) groups excluding carboxylic acids is 2. The molecule has 20 heavy (non-hydrogen) atoms. The summed E-state index contributed by atoms with van der Waals surface area (Å²) < 4.78 is 13.3. The number of carbonyl (C=O) groups is 2. The van der Waals surface area contributed by atoms with E-state index in [9.17, 15) is 14.0 Å². The van der Waals surface area contributed by atoms with Crippen LogP contribution in [0.25, 0.3) is 0 Å². The summed E-state index contributed by atoms with van der Waals surface area (Å²) in [4.78, 5) is 24.4. The van der Waals surface area contributed by atoms with Gasteiger partial charge in [0.2, 0.25) is 0 Å². The Kier molecular flexibility index (Phi) is 4.06. The van der Waals surface area contributed by atoms with E-state index in [0.29, 0.717) is 5.69 Å². The van der Waals surface area contributed by atoms with E-state index in [1.807, 2.05) is 0 Å². The lowest BCUT2D eigenvalue weighted by Crippen LogP contribution is -2.34. The Morgan fingerprint density at radius 2 is 2.10 bits per heavy atom. The molecule has 2 amide bonds. The Hall–Kier alpha value is -1.92. The van der Waals surface area contributed by atoms with E-state index in [1.165, 1.54) is 19.1 Å². The molecule has 0 saturated carbocycles. The summed E-state index contributed by atoms with van der Waals surface area (Å²) in [5, 5.41) is 11.7. The lowest BCUT2D eigenvalue weighted by molar-refractivity contribution is -0.137. The average Bonchev–Trinajstić information content (AvgIpc) is 2.67. The molecule has 1 aromatic rings. The fourth-order valence-corrected chi connectivity index (χ4v) is 2.01. The Labute approximate surface area is 119 Å². The number of amides is 2. The molecule has 2 rings (SSSR count). The number of β-amino-alcohol motifs (C(OH)–C–C–N with tert-alkyl or cyclic N) is 1. The average molecular weight is 299 g/mol. The Balaban J connectivity index is 2.24. The molecule has 1 aliphatic heterocycles. The summed E-state index contributed by atoms with van der Waals surface area (Å²) in [5.74, 6) is -1.52. The van der Waals surface area contributed by atoms with E-state index in [2.05, 4.69) is 5.32 Å². The van der Waals surface area contributed by atoms with Crippen molar-refractivity contribution in [3.05, 3.63) is 40.3 Å². The van der Waals surface area contributed by atoms with E-state index < -0.39 is 17.6 Å². The first-order valence-corrected chi connectivity index (χ1v) is 6.23. The van der Waals surface area contributed by atoms with Crippen LogP contribution in [-0.4, -0.2) is 35.0 Å². The van der Waals surface area contributed by atoms with Crippen LogP contribution in [0.3, 0.4) is 0 Å². The molecule has 2 N–H and O–H groups in total. The third kappa shape index (κ3) is 2.52. The van der Waals surface area contributed by atoms with Crippen molar-refractivity contribution in [2.45, 2.75) is 6.92 Å². The molecule has 1 heterocycles. The van der Waals surface area contributed by atoms with Crippen LogP contribution < -0.4 is 5.32 Å². The maximum Gasteiger partial charge on any atom is 0.277 e. The van der Waals surface area contributed by atoms with Crippen molar-refractivity contribution in [2.24, 2.45) is 0 Å². The zero-order chi connectivity index (χ0) is 14.9. The monoisotopic (exact) mass is 298 g/mol. The molecule has 0 aromatic heterocycles. The minimum Gasteiger partial charge on any atom is -0.395 e. The smallest absolute Gasteiger partial charge is 0.277 e. The van der Waals surface area contributed by atoms with Crippen LogP contribution in [0.4, 0.5) is 10.1 Å². The highest BCUT2D eigenvalue weighted by Crippen LogP contribution is 2.29. The summed E-state index contributed by atoms with van der Waals surface area (Å²) in [7, 11) is 0. The summed E-state index contributed by atoms with van der Waals surface area (Å²) in [6.45, 7) is 1.13. The van der Waals surface area contributed by atoms with Crippen LogP contribution >= 0.6 is 11.6 Å². The van der Waals surface area contributed by atoms with Crippen LogP contribution in [0.5, 0.6) is 0 Å². The lowest BCUT2D eigenvalue weighted by Gasteiger charge is -2.14. The molecule has 0 radical (unpaired) electrons. The quantitative estimate of drug-likeness (QED) is 0.825. The van der Waals surface area contributed by atoms with Gasteiger partial charge in [0.15, 0.2) is 0 Å². The molecule has 0 bridgehead atoms. The molecule has 5 nitrogen and oxygen atoms in total. The van der Waals surface area contributed by atoms with E-state index >= 15 is 0 Å². The van der Waals surface area contributed by atoms with E-state index in [-0.39, 0.29) is 29.4 Å². The third-order valence-corrected chi connectivity index (χ3v) is 3.41. The van der Waals surface area contributed by atoms with Gasteiger partial charge in [-0.3, -0.25) is 14.5 Å². The Morgan fingerprint density at radius 3 is 2.75 bits per heavy atom. The summed E-state index contributed by atoms with van der Waals surface area (Å²) in [5.41, 5.74) is 0.626. The molecule has 106 valence electrons. The van der Waals surface area contributed by atoms with Gasteiger partial charge >= 0.3 is 0 Å². The van der Waals surface area contributed by atoms with Crippen LogP contribution in [0, 0.1) is 12.7 Å². The Bertz CT molecular complexity index is 616. The highest BCUT2D eigenvalue weighted by Gasteiger charge is 2.30. The molecule has 0 aliphatic carbocycles. The van der Waals surface area contributed by atoms with Gasteiger partial charge in [-0.25, -0.2) is 4.39 Å². The first-order chi connectivity index (χ1) is 9.45. The van der Waals surface area contributed by atoms with Gasteiger partial charge in [-0.05, 0) is 19.1 Å². The molecule has 1 aromatic carbocycles. The van der Waals surface area contributed by atoms with Crippen LogP contribution in [-0.2, 0) is 9.59 Å². The number of benzene rings is 1. The first kappa shape index (κ1) is 14.5. The number of anilines is 1. The SMILES string of the molecule is Cc1c(F)ccc(NC2=CC(=O)N(CCO)C2=O)c1Cl. The Morgan fingerprint density at radius 1 is 1.40 bits per heavy atom. The second-order valence-corrected chi connectivity index (χ2v) is 4.61. The lowest BCUT2D eigenvalue weighted by atomic mass is 10.2. The first-order valence-electron chi connectivity index (χ1n) is 5.85. The fraction of sp³-hybridized carbons (Fsp3) is 0.231. The van der Waals surface area contributed by atoms with Gasteiger partial charge in [-0.15, -0.1) is 0 Å². The molecule has 0 saturated heterocycles. The fourth-order valence-electron chi connectivity index (χ4n) is 1.81. The molecule has 0 spiro atoms. The van der Waals surface area contributed by atoms with E-state index in [4.69, 9.17) is 16.7 Å². The molecule has 0 fully saturated rings. The summed E-state index contributed by atoms with van der Waals surface area (Å²) >= 11 is 5.98. The van der Waals surface area contributed by atoms with Gasteiger partial charge in [-0.2, -0.15) is 0 Å². The van der Waals surface area contributed by atoms with Crippen molar-refractivity contribution >= 4 is 29.1 Å². The van der Waals surface area contributed by atoms with Crippen molar-refractivity contribution in [2.75, 3.05) is 18.5 Å². The minimum absolute atomic E-state index is 0.0383. The van der Waals surface area contributed by atoms with Gasteiger partial charge in [0.05, 0.1) is 23.9 Å². The molecular weight excluding hydrogens is 287 g/mol. The van der Waals surface area contributed by atoms with Gasteiger partial charge < -0.3 is 10.4 Å². The number of rotatable bonds is 4. The topological polar surface area (TPSA) is 69.6 Å². The number of halogens is 2. The number of hydrogen-bond acceptors (Lipinski definition) is 4. The molecule has 1 aliphatic rings. The normalized spacial score (nSPS) is 14.8. The van der Waals surface area contributed by atoms with E-state index in [1.54, 1.807) is 0 Å². The number of hydrogen-bond donors (Lipinski definition) is 2. The van der Waals surface area contributed by atoms with Crippen molar-refractivity contribution in [3.63, 3.8) is 0 Å². The van der Waals surface area contributed by atoms with Gasteiger partial charge in [0.1, 0.15) is 11.5 Å². The van der Waals surface area contributed by atoms with Crippen molar-refractivity contribution < 1.29 is 19.1 Å². The molecule has 0 atom stereocenters. The summed E-state index contributed by atoms with van der Waals surface area (Å²) in [6.07, 6.45) is 1.12. The number of nitrogens with one attached hydrogen (secondary N) is 1. The van der Waals surface area contributed by atoms with Crippen molar-refractivity contribution in [3.8, 4) is 0 Å². The highest BCUT2D eigenvalue weighted by molar-refractivity contribution is 6.34. The van der Waals surface area contributed by atoms with Crippen LogP contribution in [0.2, 0.25) is 5.02 Å². The second-order valence-electron chi connectivity index (χ2n) is 4.24. The van der Waals surface area contributed by atoms with Crippen LogP contribution in [0.1, 0.15) is 5.56 Å². The number of nitrogens with zero attached hydrogens (tertiary/aromatic N) is 1. The minimum atomic E-state index is -0.554. The maximum atomic E-state index is 13.3. The molecular formula is C13H12ClFN2O3. The standard InChI is InChI=1S/C13H12ClFN2O3/c1-7-8(15)2-3-9(12(7)14)16-10-6-11(19)17(4-5-18)13(10)20/h2-3,6,16,18H,4-5H2,1H3. The number of aliphatic hydroxyl groups excluding tert-OH is 1.